The smallest absolute Gasteiger partial charge is 0.213 e. The number of hydrogen-bond acceptors (Lipinski definition) is 4. The van der Waals surface area contributed by atoms with E-state index in [0.29, 0.717) is 23.1 Å². The summed E-state index contributed by atoms with van der Waals surface area (Å²) in [6.45, 7) is 0.230. The highest BCUT2D eigenvalue weighted by molar-refractivity contribution is 6.31. The molecular weight excluding hydrogens is 266 g/mol. The largest absolute Gasteiger partial charge is 0.497 e. The number of benzene rings is 1. The minimum Gasteiger partial charge on any atom is -0.497 e. The first-order valence-electron chi connectivity index (χ1n) is 5.74. The van der Waals surface area contributed by atoms with Gasteiger partial charge < -0.3 is 14.6 Å². The lowest BCUT2D eigenvalue weighted by atomic mass is 10.2. The van der Waals surface area contributed by atoms with E-state index in [1.807, 2.05) is 24.3 Å². The number of aliphatic hydroxyl groups is 1. The van der Waals surface area contributed by atoms with Crippen molar-refractivity contribution < 1.29 is 14.6 Å². The SMILES string of the molecule is COc1cccc(COc2cc(CO)c(Cl)cn2)c1. The second-order valence-corrected chi connectivity index (χ2v) is 4.32. The number of pyridine rings is 1. The lowest BCUT2D eigenvalue weighted by Gasteiger charge is -2.08. The average Bonchev–Trinajstić information content (AvgIpc) is 2.46. The van der Waals surface area contributed by atoms with Crippen molar-refractivity contribution >= 4 is 11.6 Å². The van der Waals surface area contributed by atoms with Crippen LogP contribution in [0, 0.1) is 0 Å². The minimum atomic E-state index is -0.142. The van der Waals surface area contributed by atoms with Gasteiger partial charge in [0, 0.05) is 17.8 Å². The molecule has 0 radical (unpaired) electrons. The summed E-state index contributed by atoms with van der Waals surface area (Å²) in [7, 11) is 1.62. The van der Waals surface area contributed by atoms with Crippen LogP contribution in [0.4, 0.5) is 0 Å². The molecule has 4 nitrogen and oxygen atoms in total. The van der Waals surface area contributed by atoms with Gasteiger partial charge in [-0.3, -0.25) is 0 Å². The van der Waals surface area contributed by atoms with Crippen LogP contribution < -0.4 is 9.47 Å². The normalized spacial score (nSPS) is 10.3. The average molecular weight is 280 g/mol. The van der Waals surface area contributed by atoms with Gasteiger partial charge in [-0.2, -0.15) is 0 Å². The van der Waals surface area contributed by atoms with Crippen molar-refractivity contribution in [1.29, 1.82) is 0 Å². The van der Waals surface area contributed by atoms with Crippen molar-refractivity contribution in [3.05, 3.63) is 52.7 Å². The maximum absolute atomic E-state index is 9.11. The fourth-order valence-corrected chi connectivity index (χ4v) is 1.74. The number of ether oxygens (including phenoxy) is 2. The molecule has 100 valence electrons. The quantitative estimate of drug-likeness (QED) is 0.914. The molecule has 1 N–H and O–H groups in total. The third-order valence-corrected chi connectivity index (χ3v) is 2.94. The Labute approximate surface area is 116 Å². The maximum Gasteiger partial charge on any atom is 0.213 e. The van der Waals surface area contributed by atoms with Crippen LogP contribution in [0.2, 0.25) is 5.02 Å². The van der Waals surface area contributed by atoms with E-state index in [1.165, 1.54) is 6.20 Å². The number of hydrogen-bond donors (Lipinski definition) is 1. The van der Waals surface area contributed by atoms with Gasteiger partial charge in [0.05, 0.1) is 18.7 Å². The van der Waals surface area contributed by atoms with E-state index in [-0.39, 0.29) is 6.61 Å². The van der Waals surface area contributed by atoms with E-state index in [0.717, 1.165) is 11.3 Å². The van der Waals surface area contributed by atoms with Crippen molar-refractivity contribution in [2.24, 2.45) is 0 Å². The molecule has 5 heteroatoms. The van der Waals surface area contributed by atoms with Crippen LogP contribution in [0.25, 0.3) is 0 Å². The molecule has 0 amide bonds. The Bertz CT molecular complexity index is 560. The second-order valence-electron chi connectivity index (χ2n) is 3.91. The van der Waals surface area contributed by atoms with E-state index in [9.17, 15) is 0 Å². The molecule has 0 aliphatic carbocycles. The fraction of sp³-hybridized carbons (Fsp3) is 0.214. The van der Waals surface area contributed by atoms with Gasteiger partial charge in [0.25, 0.3) is 0 Å². The van der Waals surface area contributed by atoms with Crippen molar-refractivity contribution in [3.8, 4) is 11.6 Å². The zero-order chi connectivity index (χ0) is 13.7. The van der Waals surface area contributed by atoms with Gasteiger partial charge in [-0.1, -0.05) is 23.7 Å². The standard InChI is InChI=1S/C14H14ClNO3/c1-18-12-4-2-3-10(5-12)9-19-14-6-11(8-17)13(15)7-16-14/h2-7,17H,8-9H2,1H3. The summed E-state index contributed by atoms with van der Waals surface area (Å²) in [5.74, 6) is 1.21. The van der Waals surface area contributed by atoms with E-state index in [4.69, 9.17) is 26.2 Å². The first-order valence-corrected chi connectivity index (χ1v) is 6.11. The Kier molecular flexibility index (Phi) is 4.60. The molecular formula is C14H14ClNO3. The van der Waals surface area contributed by atoms with E-state index in [1.54, 1.807) is 13.2 Å². The molecule has 0 saturated heterocycles. The first kappa shape index (κ1) is 13.6. The molecule has 0 atom stereocenters. The van der Waals surface area contributed by atoms with Gasteiger partial charge in [0.2, 0.25) is 5.88 Å². The maximum atomic E-state index is 9.11. The molecule has 0 saturated carbocycles. The van der Waals surface area contributed by atoms with Gasteiger partial charge >= 0.3 is 0 Å². The van der Waals surface area contributed by atoms with Gasteiger partial charge in [0.15, 0.2) is 0 Å². The summed E-state index contributed by atoms with van der Waals surface area (Å²) in [5.41, 5.74) is 1.57. The Morgan fingerprint density at radius 1 is 1.32 bits per heavy atom. The van der Waals surface area contributed by atoms with Crippen LogP contribution in [0.15, 0.2) is 36.5 Å². The molecule has 1 aromatic carbocycles. The summed E-state index contributed by atoms with van der Waals surface area (Å²) in [4.78, 5) is 4.05. The highest BCUT2D eigenvalue weighted by Gasteiger charge is 2.04. The monoisotopic (exact) mass is 279 g/mol. The zero-order valence-corrected chi connectivity index (χ0v) is 11.2. The van der Waals surface area contributed by atoms with Crippen LogP contribution >= 0.6 is 11.6 Å². The number of nitrogens with zero attached hydrogens (tertiary/aromatic N) is 1. The molecule has 0 aliphatic rings. The summed E-state index contributed by atoms with van der Waals surface area (Å²) >= 11 is 5.86. The topological polar surface area (TPSA) is 51.6 Å². The summed E-state index contributed by atoms with van der Waals surface area (Å²) in [5, 5.41) is 9.54. The van der Waals surface area contributed by atoms with Crippen LogP contribution in [0.1, 0.15) is 11.1 Å². The highest BCUT2D eigenvalue weighted by Crippen LogP contribution is 2.20. The molecule has 1 heterocycles. The lowest BCUT2D eigenvalue weighted by Crippen LogP contribution is -1.99. The fourth-order valence-electron chi connectivity index (χ4n) is 1.58. The van der Waals surface area contributed by atoms with Crippen molar-refractivity contribution in [2.75, 3.05) is 7.11 Å². The van der Waals surface area contributed by atoms with Crippen LogP contribution in [-0.4, -0.2) is 17.2 Å². The van der Waals surface area contributed by atoms with Crippen molar-refractivity contribution in [3.63, 3.8) is 0 Å². The molecule has 2 rings (SSSR count). The Morgan fingerprint density at radius 2 is 2.16 bits per heavy atom. The predicted octanol–water partition coefficient (Wildman–Crippen LogP) is 2.81. The highest BCUT2D eigenvalue weighted by atomic mass is 35.5. The van der Waals surface area contributed by atoms with Crippen LogP contribution in [-0.2, 0) is 13.2 Å². The van der Waals surface area contributed by atoms with E-state index >= 15 is 0 Å². The Morgan fingerprint density at radius 3 is 2.89 bits per heavy atom. The molecule has 1 aromatic heterocycles. The third-order valence-electron chi connectivity index (χ3n) is 2.60. The lowest BCUT2D eigenvalue weighted by molar-refractivity contribution is 0.274. The molecule has 0 unspecified atom stereocenters. The number of aliphatic hydroxyl groups excluding tert-OH is 1. The van der Waals surface area contributed by atoms with Crippen LogP contribution in [0.5, 0.6) is 11.6 Å². The molecule has 2 aromatic rings. The number of aromatic nitrogens is 1. The van der Waals surface area contributed by atoms with Crippen molar-refractivity contribution in [1.82, 2.24) is 4.98 Å². The summed E-state index contributed by atoms with van der Waals surface area (Å²) in [6.07, 6.45) is 1.47. The van der Waals surface area contributed by atoms with Crippen molar-refractivity contribution in [2.45, 2.75) is 13.2 Å². The molecule has 0 spiro atoms. The first-order chi connectivity index (χ1) is 9.22. The van der Waals surface area contributed by atoms with E-state index < -0.39 is 0 Å². The molecule has 0 fully saturated rings. The summed E-state index contributed by atoms with van der Waals surface area (Å²) < 4.78 is 10.7. The molecule has 0 bridgehead atoms. The number of halogens is 1. The Hall–Kier alpha value is -1.78. The Balaban J connectivity index is 2.05. The zero-order valence-electron chi connectivity index (χ0n) is 10.5. The van der Waals surface area contributed by atoms with Crippen LogP contribution in [0.3, 0.4) is 0 Å². The number of methoxy groups -OCH3 is 1. The minimum absolute atomic E-state index is 0.142. The van der Waals surface area contributed by atoms with Gasteiger partial charge in [0.1, 0.15) is 12.4 Å². The van der Waals surface area contributed by atoms with E-state index in [2.05, 4.69) is 4.98 Å². The molecule has 19 heavy (non-hydrogen) atoms. The summed E-state index contributed by atoms with van der Waals surface area (Å²) in [6, 6.07) is 9.22. The van der Waals surface area contributed by atoms with Gasteiger partial charge in [-0.05, 0) is 17.7 Å². The molecule has 0 aliphatic heterocycles. The third kappa shape index (κ3) is 3.59. The van der Waals surface area contributed by atoms with Gasteiger partial charge in [-0.15, -0.1) is 0 Å². The predicted molar refractivity (Wildman–Crippen MR) is 72.5 cm³/mol. The number of rotatable bonds is 5. The second kappa shape index (κ2) is 6.41. The van der Waals surface area contributed by atoms with Gasteiger partial charge in [-0.25, -0.2) is 4.98 Å².